The SMILES string of the molecule is CCCc1c(Cl)[nH]c(=O)n(C2CCCC2SCC)c1=O. The smallest absolute Gasteiger partial charge is 0.297 e. The summed E-state index contributed by atoms with van der Waals surface area (Å²) in [6.07, 6.45) is 4.47. The van der Waals surface area contributed by atoms with Gasteiger partial charge in [0.15, 0.2) is 0 Å². The van der Waals surface area contributed by atoms with Crippen molar-refractivity contribution in [2.24, 2.45) is 0 Å². The van der Waals surface area contributed by atoms with Gasteiger partial charge >= 0.3 is 5.69 Å². The van der Waals surface area contributed by atoms with E-state index in [0.29, 0.717) is 17.2 Å². The van der Waals surface area contributed by atoms with Crippen molar-refractivity contribution in [1.82, 2.24) is 9.55 Å². The lowest BCUT2D eigenvalue weighted by Crippen LogP contribution is -2.41. The molecule has 1 aliphatic rings. The Bertz CT molecular complexity index is 582. The topological polar surface area (TPSA) is 54.9 Å². The first-order valence-corrected chi connectivity index (χ1v) is 8.67. The minimum Gasteiger partial charge on any atom is -0.297 e. The fraction of sp³-hybridized carbons (Fsp3) is 0.714. The Balaban J connectivity index is 2.48. The first-order chi connectivity index (χ1) is 9.60. The second kappa shape index (κ2) is 6.85. The summed E-state index contributed by atoms with van der Waals surface area (Å²) >= 11 is 7.85. The molecule has 1 aromatic heterocycles. The predicted octanol–water partition coefficient (Wildman–Crippen LogP) is 2.99. The molecule has 4 nitrogen and oxygen atoms in total. The molecular weight excluding hydrogens is 296 g/mol. The molecule has 1 aliphatic carbocycles. The van der Waals surface area contributed by atoms with Crippen molar-refractivity contribution in [1.29, 1.82) is 0 Å². The number of aromatic amines is 1. The van der Waals surface area contributed by atoms with Crippen LogP contribution in [0.2, 0.25) is 5.15 Å². The van der Waals surface area contributed by atoms with Crippen LogP contribution in [0.1, 0.15) is 51.1 Å². The van der Waals surface area contributed by atoms with Gasteiger partial charge in [0.2, 0.25) is 0 Å². The lowest BCUT2D eigenvalue weighted by atomic mass is 10.2. The van der Waals surface area contributed by atoms with Crippen LogP contribution < -0.4 is 11.2 Å². The van der Waals surface area contributed by atoms with Crippen LogP contribution in [0.5, 0.6) is 0 Å². The second-order valence-electron chi connectivity index (χ2n) is 5.14. The Kier molecular flexibility index (Phi) is 5.38. The van der Waals surface area contributed by atoms with Crippen molar-refractivity contribution >= 4 is 23.4 Å². The molecule has 0 aliphatic heterocycles. The molecule has 0 aromatic carbocycles. The molecule has 2 unspecified atom stereocenters. The van der Waals surface area contributed by atoms with Gasteiger partial charge in [-0.1, -0.05) is 38.3 Å². The van der Waals surface area contributed by atoms with Crippen LogP contribution in [0.4, 0.5) is 0 Å². The van der Waals surface area contributed by atoms with Gasteiger partial charge in [-0.05, 0) is 25.0 Å². The Labute approximate surface area is 127 Å². The molecule has 6 heteroatoms. The van der Waals surface area contributed by atoms with E-state index in [1.54, 1.807) is 0 Å². The first-order valence-electron chi connectivity index (χ1n) is 7.24. The molecule has 0 saturated heterocycles. The molecule has 0 radical (unpaired) electrons. The molecule has 20 heavy (non-hydrogen) atoms. The van der Waals surface area contributed by atoms with Crippen molar-refractivity contribution in [2.75, 3.05) is 5.75 Å². The van der Waals surface area contributed by atoms with E-state index in [9.17, 15) is 9.59 Å². The second-order valence-corrected chi connectivity index (χ2v) is 7.03. The third-order valence-corrected chi connectivity index (χ3v) is 5.44. The quantitative estimate of drug-likeness (QED) is 0.850. The number of hydrogen-bond donors (Lipinski definition) is 1. The zero-order valence-corrected chi connectivity index (χ0v) is 13.5. The average molecular weight is 317 g/mol. The summed E-state index contributed by atoms with van der Waals surface area (Å²) in [5, 5.41) is 0.560. The van der Waals surface area contributed by atoms with E-state index in [2.05, 4.69) is 11.9 Å². The molecule has 1 heterocycles. The Hall–Kier alpha value is -0.680. The van der Waals surface area contributed by atoms with Crippen LogP contribution >= 0.6 is 23.4 Å². The normalized spacial score (nSPS) is 22.4. The summed E-state index contributed by atoms with van der Waals surface area (Å²) in [5.41, 5.74) is -0.0245. The summed E-state index contributed by atoms with van der Waals surface area (Å²) in [7, 11) is 0. The summed E-state index contributed by atoms with van der Waals surface area (Å²) in [4.78, 5) is 27.4. The van der Waals surface area contributed by atoms with Crippen LogP contribution in [0.15, 0.2) is 9.59 Å². The van der Waals surface area contributed by atoms with Crippen LogP contribution in [0, 0.1) is 0 Å². The molecule has 112 valence electrons. The molecule has 1 fully saturated rings. The molecular formula is C14H21ClN2O2S. The van der Waals surface area contributed by atoms with Crippen molar-refractivity contribution in [3.63, 3.8) is 0 Å². The largest absolute Gasteiger partial charge is 0.329 e. The molecule has 1 N–H and O–H groups in total. The summed E-state index contributed by atoms with van der Waals surface area (Å²) in [5.74, 6) is 1.00. The molecule has 0 amide bonds. The third-order valence-electron chi connectivity index (χ3n) is 3.81. The summed E-state index contributed by atoms with van der Waals surface area (Å²) < 4.78 is 1.41. The van der Waals surface area contributed by atoms with Gasteiger partial charge in [-0.15, -0.1) is 0 Å². The van der Waals surface area contributed by atoms with Crippen LogP contribution in [0.25, 0.3) is 0 Å². The van der Waals surface area contributed by atoms with Gasteiger partial charge in [-0.3, -0.25) is 14.3 Å². The van der Waals surface area contributed by atoms with E-state index in [1.165, 1.54) is 4.57 Å². The number of hydrogen-bond acceptors (Lipinski definition) is 3. The van der Waals surface area contributed by atoms with E-state index in [1.807, 2.05) is 18.7 Å². The zero-order valence-electron chi connectivity index (χ0n) is 11.9. The molecule has 0 bridgehead atoms. The van der Waals surface area contributed by atoms with Crippen molar-refractivity contribution in [2.45, 2.75) is 57.2 Å². The number of aromatic nitrogens is 2. The molecule has 0 spiro atoms. The third kappa shape index (κ3) is 2.98. The number of rotatable bonds is 5. The Morgan fingerprint density at radius 2 is 2.10 bits per heavy atom. The first kappa shape index (κ1) is 15.7. The van der Waals surface area contributed by atoms with Gasteiger partial charge in [0.25, 0.3) is 5.56 Å². The number of thioether (sulfide) groups is 1. The zero-order chi connectivity index (χ0) is 14.7. The van der Waals surface area contributed by atoms with Gasteiger partial charge in [-0.2, -0.15) is 11.8 Å². The Morgan fingerprint density at radius 3 is 2.75 bits per heavy atom. The van der Waals surface area contributed by atoms with E-state index >= 15 is 0 Å². The molecule has 1 saturated carbocycles. The standard InChI is InChI=1S/C14H21ClN2O2S/c1-3-6-9-12(15)16-14(19)17(13(9)18)10-7-5-8-11(10)20-4-2/h10-11H,3-8H2,1-2H3,(H,16,19). The highest BCUT2D eigenvalue weighted by Crippen LogP contribution is 2.37. The van der Waals surface area contributed by atoms with Gasteiger partial charge in [-0.25, -0.2) is 4.79 Å². The number of nitrogens with one attached hydrogen (secondary N) is 1. The van der Waals surface area contributed by atoms with Crippen molar-refractivity contribution in [3.05, 3.63) is 31.6 Å². The van der Waals surface area contributed by atoms with E-state index < -0.39 is 0 Å². The van der Waals surface area contributed by atoms with E-state index in [0.717, 1.165) is 31.4 Å². The summed E-state index contributed by atoms with van der Waals surface area (Å²) in [6, 6.07) is 0.00377. The maximum absolute atomic E-state index is 12.6. The Morgan fingerprint density at radius 1 is 1.35 bits per heavy atom. The van der Waals surface area contributed by atoms with Gasteiger partial charge in [0.1, 0.15) is 5.15 Å². The fourth-order valence-electron chi connectivity index (χ4n) is 2.94. The fourth-order valence-corrected chi connectivity index (χ4v) is 4.44. The summed E-state index contributed by atoms with van der Waals surface area (Å²) in [6.45, 7) is 4.11. The number of halogens is 1. The van der Waals surface area contributed by atoms with E-state index in [4.69, 9.17) is 11.6 Å². The minimum atomic E-state index is -0.367. The van der Waals surface area contributed by atoms with Crippen LogP contribution in [-0.2, 0) is 6.42 Å². The predicted molar refractivity (Wildman–Crippen MR) is 85.1 cm³/mol. The average Bonchev–Trinajstić information content (AvgIpc) is 2.83. The lowest BCUT2D eigenvalue weighted by molar-refractivity contribution is 0.482. The van der Waals surface area contributed by atoms with Crippen LogP contribution in [-0.4, -0.2) is 20.6 Å². The van der Waals surface area contributed by atoms with Crippen LogP contribution in [0.3, 0.4) is 0 Å². The van der Waals surface area contributed by atoms with Gasteiger partial charge < -0.3 is 0 Å². The minimum absolute atomic E-state index is 0.00377. The van der Waals surface area contributed by atoms with E-state index in [-0.39, 0.29) is 22.4 Å². The molecule has 1 aromatic rings. The van der Waals surface area contributed by atoms with Gasteiger partial charge in [0.05, 0.1) is 11.6 Å². The highest BCUT2D eigenvalue weighted by atomic mass is 35.5. The molecule has 2 rings (SSSR count). The van der Waals surface area contributed by atoms with Gasteiger partial charge in [0, 0.05) is 5.25 Å². The highest BCUT2D eigenvalue weighted by Gasteiger charge is 2.31. The highest BCUT2D eigenvalue weighted by molar-refractivity contribution is 7.99. The number of H-pyrrole nitrogens is 1. The van der Waals surface area contributed by atoms with Crippen molar-refractivity contribution < 1.29 is 0 Å². The maximum atomic E-state index is 12.6. The lowest BCUT2D eigenvalue weighted by Gasteiger charge is -2.21. The van der Waals surface area contributed by atoms with Crippen molar-refractivity contribution in [3.8, 4) is 0 Å². The molecule has 2 atom stereocenters. The number of nitrogens with zero attached hydrogens (tertiary/aromatic N) is 1. The maximum Gasteiger partial charge on any atom is 0.329 e. The monoisotopic (exact) mass is 316 g/mol.